The minimum atomic E-state index is 0.656. The van der Waals surface area contributed by atoms with Gasteiger partial charge in [0.2, 0.25) is 0 Å². The first-order chi connectivity index (χ1) is 5.93. The second kappa shape index (κ2) is 2.75. The molecule has 3 aliphatic rings. The molecule has 0 saturated heterocycles. The van der Waals surface area contributed by atoms with Crippen LogP contribution in [0.5, 0.6) is 0 Å². The van der Waals surface area contributed by atoms with E-state index in [0.29, 0.717) is 20.9 Å². The van der Waals surface area contributed by atoms with Crippen molar-refractivity contribution in [2.75, 3.05) is 0 Å². The van der Waals surface area contributed by atoms with Gasteiger partial charge in [0.1, 0.15) is 0 Å². The molecule has 0 saturated carbocycles. The fraction of sp³-hybridized carbons (Fsp3) is 0.200. The summed E-state index contributed by atoms with van der Waals surface area (Å²) in [6.45, 7) is 0. The van der Waals surface area contributed by atoms with Crippen LogP contribution in [-0.4, -0.2) is 29.9 Å². The van der Waals surface area contributed by atoms with Crippen LogP contribution in [0.3, 0.4) is 0 Å². The topological polar surface area (TPSA) is 0 Å². The zero-order valence-corrected chi connectivity index (χ0v) is 9.91. The summed E-state index contributed by atoms with van der Waals surface area (Å²) in [6.07, 6.45) is 9.70. The van der Waals surface area contributed by atoms with Crippen molar-refractivity contribution in [3.63, 3.8) is 0 Å². The summed E-state index contributed by atoms with van der Waals surface area (Å²) < 4.78 is 3.31. The first-order valence-electron chi connectivity index (χ1n) is 4.03. The molecular formula is C10H8Se2. The first-order valence-corrected chi connectivity index (χ1v) is 7.95. The summed E-state index contributed by atoms with van der Waals surface area (Å²) in [5.74, 6) is 0.692. The predicted octanol–water partition coefficient (Wildman–Crippen LogP) is 1.68. The van der Waals surface area contributed by atoms with Gasteiger partial charge in [-0.05, 0) is 0 Å². The Kier molecular flexibility index (Phi) is 1.70. The maximum atomic E-state index is 2.49. The van der Waals surface area contributed by atoms with Gasteiger partial charge in [-0.1, -0.05) is 0 Å². The van der Waals surface area contributed by atoms with Gasteiger partial charge in [-0.3, -0.25) is 0 Å². The van der Waals surface area contributed by atoms with Crippen molar-refractivity contribution in [2.24, 2.45) is 5.92 Å². The molecule has 0 spiro atoms. The first kappa shape index (κ1) is 7.41. The fourth-order valence-electron chi connectivity index (χ4n) is 1.64. The molecule has 0 nitrogen and oxygen atoms in total. The van der Waals surface area contributed by atoms with E-state index in [9.17, 15) is 0 Å². The molecule has 0 N–H and O–H groups in total. The van der Waals surface area contributed by atoms with Crippen LogP contribution < -0.4 is 0 Å². The second-order valence-corrected chi connectivity index (χ2v) is 7.30. The summed E-state index contributed by atoms with van der Waals surface area (Å²) in [5.41, 5.74) is 1.55. The summed E-state index contributed by atoms with van der Waals surface area (Å²) in [7, 11) is 0. The van der Waals surface area contributed by atoms with Crippen LogP contribution in [0.4, 0.5) is 0 Å². The van der Waals surface area contributed by atoms with Crippen LogP contribution in [-0.2, 0) is 0 Å². The molecule has 1 unspecified atom stereocenters. The summed E-state index contributed by atoms with van der Waals surface area (Å²) in [6, 6.07) is 0. The molecule has 0 amide bonds. The van der Waals surface area contributed by atoms with Crippen molar-refractivity contribution in [2.45, 2.75) is 5.32 Å². The maximum absolute atomic E-state index is 2.49. The molecule has 1 atom stereocenters. The number of hydrogen-bond acceptors (Lipinski definition) is 0. The third-order valence-electron chi connectivity index (χ3n) is 2.27. The van der Waals surface area contributed by atoms with Crippen LogP contribution in [0, 0.1) is 5.92 Å². The Bertz CT molecular complexity index is 345. The van der Waals surface area contributed by atoms with E-state index in [0.717, 1.165) is 15.0 Å². The molecule has 0 bridgehead atoms. The Labute approximate surface area is 84.8 Å². The van der Waals surface area contributed by atoms with Crippen molar-refractivity contribution in [3.8, 4) is 0 Å². The van der Waals surface area contributed by atoms with Crippen LogP contribution in [0.15, 0.2) is 43.8 Å². The molecule has 2 heterocycles. The van der Waals surface area contributed by atoms with E-state index in [-0.39, 0.29) is 0 Å². The van der Waals surface area contributed by atoms with Gasteiger partial charge in [-0.2, -0.15) is 0 Å². The van der Waals surface area contributed by atoms with Gasteiger partial charge >= 0.3 is 84.9 Å². The van der Waals surface area contributed by atoms with Crippen molar-refractivity contribution >= 4 is 29.9 Å². The molecule has 60 valence electrons. The van der Waals surface area contributed by atoms with Gasteiger partial charge in [-0.15, -0.1) is 0 Å². The van der Waals surface area contributed by atoms with E-state index in [4.69, 9.17) is 0 Å². The number of allylic oxidation sites excluding steroid dienone is 7. The predicted molar refractivity (Wildman–Crippen MR) is 53.2 cm³/mol. The van der Waals surface area contributed by atoms with Gasteiger partial charge in [0.15, 0.2) is 0 Å². The molecule has 0 aromatic heterocycles. The molecule has 0 fully saturated rings. The third kappa shape index (κ3) is 1.03. The molecule has 0 aromatic rings. The van der Waals surface area contributed by atoms with Crippen molar-refractivity contribution < 1.29 is 0 Å². The van der Waals surface area contributed by atoms with E-state index in [1.54, 1.807) is 14.5 Å². The van der Waals surface area contributed by atoms with E-state index in [1.165, 1.54) is 5.32 Å². The second-order valence-electron chi connectivity index (χ2n) is 3.02. The summed E-state index contributed by atoms with van der Waals surface area (Å²) in [5, 5.41) is 1.32. The molecule has 2 aliphatic heterocycles. The summed E-state index contributed by atoms with van der Waals surface area (Å²) in [4.78, 5) is 2.36. The minimum absolute atomic E-state index is 0.656. The molecular weight excluding hydrogens is 278 g/mol. The van der Waals surface area contributed by atoms with E-state index in [2.05, 4.69) is 29.3 Å². The van der Waals surface area contributed by atoms with E-state index >= 15 is 0 Å². The Hall–Kier alpha value is -0.00104. The average Bonchev–Trinajstić information content (AvgIpc) is 2.64. The quantitative estimate of drug-likeness (QED) is 0.594. The van der Waals surface area contributed by atoms with Crippen LogP contribution in [0.2, 0.25) is 5.32 Å². The number of fused-ring (bicyclic) bond motifs is 2. The van der Waals surface area contributed by atoms with Crippen molar-refractivity contribution in [1.29, 1.82) is 0 Å². The average molecular weight is 286 g/mol. The molecule has 3 rings (SSSR count). The zero-order valence-electron chi connectivity index (χ0n) is 6.49. The Morgan fingerprint density at radius 3 is 3.42 bits per heavy atom. The third-order valence-corrected chi connectivity index (χ3v) is 6.41. The molecule has 2 heteroatoms. The fourth-order valence-corrected chi connectivity index (χ4v) is 5.62. The normalized spacial score (nSPS) is 30.7. The molecule has 0 aromatic carbocycles. The molecule has 12 heavy (non-hydrogen) atoms. The number of rotatable bonds is 0. The Balaban J connectivity index is 2.08. The summed E-state index contributed by atoms with van der Waals surface area (Å²) >= 11 is 1.41. The van der Waals surface area contributed by atoms with Crippen molar-refractivity contribution in [1.82, 2.24) is 0 Å². The molecule has 0 radical (unpaired) electrons. The standard InChI is InChI=1S/C10H8Se2/c1-3-11-9-6-8-2-4-12-10(8)5-7(1)9/h1-3,5-7H,4H2. The Morgan fingerprint density at radius 2 is 2.42 bits per heavy atom. The SMILES string of the molecule is C1=CC2C=C3[Se]CC=C3C=C2[Se]1. The van der Waals surface area contributed by atoms with Gasteiger partial charge in [0, 0.05) is 0 Å². The zero-order chi connectivity index (χ0) is 7.97. The van der Waals surface area contributed by atoms with Gasteiger partial charge < -0.3 is 0 Å². The van der Waals surface area contributed by atoms with E-state index < -0.39 is 0 Å². The van der Waals surface area contributed by atoms with Crippen LogP contribution >= 0.6 is 0 Å². The van der Waals surface area contributed by atoms with Crippen LogP contribution in [0.25, 0.3) is 0 Å². The monoisotopic (exact) mass is 288 g/mol. The van der Waals surface area contributed by atoms with Crippen LogP contribution in [0.1, 0.15) is 0 Å². The molecule has 1 aliphatic carbocycles. The Morgan fingerprint density at radius 1 is 1.42 bits per heavy atom. The number of hydrogen-bond donors (Lipinski definition) is 0. The van der Waals surface area contributed by atoms with E-state index in [1.807, 2.05) is 0 Å². The van der Waals surface area contributed by atoms with Crippen molar-refractivity contribution in [3.05, 3.63) is 43.8 Å². The van der Waals surface area contributed by atoms with Gasteiger partial charge in [-0.25, -0.2) is 0 Å². The van der Waals surface area contributed by atoms with Gasteiger partial charge in [0.05, 0.1) is 0 Å². The van der Waals surface area contributed by atoms with Gasteiger partial charge in [0.25, 0.3) is 0 Å².